The number of Topliss-reactive ketones (excluding diaryl/α,β-unsaturated/α-hetero) is 1. The molecule has 2 amide bonds. The Labute approximate surface area is 183 Å². The second-order valence-corrected chi connectivity index (χ2v) is 8.95. The van der Waals surface area contributed by atoms with Gasteiger partial charge in [0.15, 0.2) is 10.9 Å². The maximum absolute atomic E-state index is 13.2. The van der Waals surface area contributed by atoms with Gasteiger partial charge in [-0.1, -0.05) is 29.5 Å². The minimum atomic E-state index is -0.290. The van der Waals surface area contributed by atoms with E-state index in [1.807, 2.05) is 24.0 Å². The van der Waals surface area contributed by atoms with E-state index in [0.29, 0.717) is 35.1 Å². The van der Waals surface area contributed by atoms with Crippen LogP contribution in [-0.4, -0.2) is 38.8 Å². The van der Waals surface area contributed by atoms with Crippen LogP contribution in [0.5, 0.6) is 0 Å². The van der Waals surface area contributed by atoms with E-state index < -0.39 is 0 Å². The highest BCUT2D eigenvalue weighted by Gasteiger charge is 2.58. The highest BCUT2D eigenvalue weighted by atomic mass is 32.1. The molecule has 0 bridgehead atoms. The number of aromatic nitrogens is 2. The van der Waals surface area contributed by atoms with Gasteiger partial charge in [0.05, 0.1) is 22.7 Å². The summed E-state index contributed by atoms with van der Waals surface area (Å²) in [5, 5.41) is 0.585. The molecule has 2 aromatic heterocycles. The van der Waals surface area contributed by atoms with Crippen LogP contribution in [0.15, 0.2) is 48.8 Å². The molecule has 2 aliphatic rings. The van der Waals surface area contributed by atoms with Gasteiger partial charge in [-0.2, -0.15) is 0 Å². The number of rotatable bonds is 7. The first kappa shape index (κ1) is 19.8. The van der Waals surface area contributed by atoms with Gasteiger partial charge in [-0.05, 0) is 49.1 Å². The standard InChI is InChI=1S/C23H21FN4O2S/c1-14-21(20(29)9-6-15-3-2-10-25-12-15)31-22(26-14)28-19-11-18(19)27(23(28)30)13-16-4-7-17(24)8-5-16/h2-5,7-8,10,12,18-19H,6,9,11,13H2,1H3. The molecule has 6 nitrogen and oxygen atoms in total. The SMILES string of the molecule is Cc1nc(N2C(=O)N(Cc3ccc(F)cc3)C3CC32)sc1C(=O)CCc1cccnc1. The summed E-state index contributed by atoms with van der Waals surface area (Å²) in [6.45, 7) is 2.26. The lowest BCUT2D eigenvalue weighted by molar-refractivity contribution is 0.0986. The third kappa shape index (κ3) is 3.83. The first-order chi connectivity index (χ1) is 15.0. The molecular formula is C23H21FN4O2S. The number of fused-ring (bicyclic) bond motifs is 1. The average molecular weight is 437 g/mol. The Morgan fingerprint density at radius 1 is 1.19 bits per heavy atom. The van der Waals surface area contributed by atoms with E-state index in [4.69, 9.17) is 0 Å². The first-order valence-electron chi connectivity index (χ1n) is 10.2. The quantitative estimate of drug-likeness (QED) is 0.516. The lowest BCUT2D eigenvalue weighted by Crippen LogP contribution is -2.36. The second kappa shape index (κ2) is 7.85. The van der Waals surface area contributed by atoms with Crippen molar-refractivity contribution in [3.8, 4) is 0 Å². The number of halogens is 1. The molecular weight excluding hydrogens is 415 g/mol. The Kier molecular flexibility index (Phi) is 5.02. The zero-order valence-corrected chi connectivity index (χ0v) is 17.8. The van der Waals surface area contributed by atoms with E-state index in [-0.39, 0.29) is 29.7 Å². The summed E-state index contributed by atoms with van der Waals surface area (Å²) in [7, 11) is 0. The molecule has 5 rings (SSSR count). The van der Waals surface area contributed by atoms with E-state index in [9.17, 15) is 14.0 Å². The van der Waals surface area contributed by atoms with Crippen LogP contribution in [-0.2, 0) is 13.0 Å². The van der Waals surface area contributed by atoms with Crippen LogP contribution in [0.1, 0.15) is 39.3 Å². The summed E-state index contributed by atoms with van der Waals surface area (Å²) in [5.74, 6) is -0.256. The molecule has 2 unspecified atom stereocenters. The van der Waals surface area contributed by atoms with Crippen molar-refractivity contribution in [2.24, 2.45) is 0 Å². The maximum Gasteiger partial charge on any atom is 0.327 e. The normalized spacial score (nSPS) is 19.6. The predicted octanol–water partition coefficient (Wildman–Crippen LogP) is 4.38. The van der Waals surface area contributed by atoms with Gasteiger partial charge in [-0.25, -0.2) is 14.2 Å². The third-order valence-corrected chi connectivity index (χ3v) is 6.98. The van der Waals surface area contributed by atoms with E-state index in [0.717, 1.165) is 17.5 Å². The Morgan fingerprint density at radius 2 is 2.00 bits per heavy atom. The molecule has 2 atom stereocenters. The van der Waals surface area contributed by atoms with Crippen molar-refractivity contribution in [3.63, 3.8) is 0 Å². The fourth-order valence-corrected chi connectivity index (χ4v) is 5.15. The Morgan fingerprint density at radius 3 is 2.74 bits per heavy atom. The maximum atomic E-state index is 13.2. The van der Waals surface area contributed by atoms with Gasteiger partial charge in [0, 0.05) is 25.4 Å². The summed E-state index contributed by atoms with van der Waals surface area (Å²) >= 11 is 1.30. The Balaban J connectivity index is 1.29. The van der Waals surface area contributed by atoms with Crippen LogP contribution < -0.4 is 4.90 Å². The molecule has 1 aliphatic carbocycles. The number of pyridine rings is 1. The minimum Gasteiger partial charge on any atom is -0.315 e. The Hall–Kier alpha value is -3.13. The number of hydrogen-bond acceptors (Lipinski definition) is 5. The highest BCUT2D eigenvalue weighted by Crippen LogP contribution is 2.45. The number of nitrogens with zero attached hydrogens (tertiary/aromatic N) is 4. The van der Waals surface area contributed by atoms with Crippen molar-refractivity contribution in [2.45, 2.75) is 44.8 Å². The molecule has 3 heterocycles. The molecule has 1 saturated carbocycles. The van der Waals surface area contributed by atoms with Crippen molar-refractivity contribution in [1.29, 1.82) is 0 Å². The number of carbonyl (C=O) groups is 2. The number of ketones is 1. The number of amides is 2. The van der Waals surface area contributed by atoms with Crippen LogP contribution in [0, 0.1) is 12.7 Å². The van der Waals surface area contributed by atoms with Crippen LogP contribution >= 0.6 is 11.3 Å². The number of aryl methyl sites for hydroxylation is 2. The second-order valence-electron chi connectivity index (χ2n) is 7.97. The summed E-state index contributed by atoms with van der Waals surface area (Å²) in [5.41, 5.74) is 2.58. The minimum absolute atomic E-state index is 0.0345. The zero-order valence-electron chi connectivity index (χ0n) is 17.0. The molecule has 1 saturated heterocycles. The largest absolute Gasteiger partial charge is 0.327 e. The van der Waals surface area contributed by atoms with Gasteiger partial charge in [0.2, 0.25) is 0 Å². The van der Waals surface area contributed by atoms with Gasteiger partial charge in [0.1, 0.15) is 5.82 Å². The van der Waals surface area contributed by atoms with Crippen LogP contribution in [0.3, 0.4) is 0 Å². The lowest BCUT2D eigenvalue weighted by Gasteiger charge is -2.21. The van der Waals surface area contributed by atoms with E-state index in [2.05, 4.69) is 9.97 Å². The van der Waals surface area contributed by atoms with Gasteiger partial charge >= 0.3 is 6.03 Å². The van der Waals surface area contributed by atoms with E-state index in [1.54, 1.807) is 29.4 Å². The highest BCUT2D eigenvalue weighted by molar-refractivity contribution is 7.17. The molecule has 0 radical (unpaired) electrons. The number of benzene rings is 1. The smallest absolute Gasteiger partial charge is 0.315 e. The Bertz CT molecular complexity index is 1130. The fourth-order valence-electron chi connectivity index (χ4n) is 4.06. The molecule has 158 valence electrons. The van der Waals surface area contributed by atoms with Gasteiger partial charge in [0.25, 0.3) is 0 Å². The van der Waals surface area contributed by atoms with Crippen molar-refractivity contribution >= 4 is 28.3 Å². The third-order valence-electron chi connectivity index (χ3n) is 5.78. The molecule has 1 aromatic carbocycles. The topological polar surface area (TPSA) is 66.4 Å². The molecule has 0 N–H and O–H groups in total. The zero-order chi connectivity index (χ0) is 21.5. The van der Waals surface area contributed by atoms with Crippen molar-refractivity contribution in [3.05, 3.63) is 76.3 Å². The summed E-state index contributed by atoms with van der Waals surface area (Å²) < 4.78 is 13.2. The van der Waals surface area contributed by atoms with Gasteiger partial charge in [-0.15, -0.1) is 0 Å². The van der Waals surface area contributed by atoms with Crippen LogP contribution in [0.2, 0.25) is 0 Å². The first-order valence-corrected chi connectivity index (χ1v) is 11.1. The number of thiazole rings is 1. The fraction of sp³-hybridized carbons (Fsp3) is 0.304. The number of urea groups is 1. The van der Waals surface area contributed by atoms with Crippen molar-refractivity contribution in [1.82, 2.24) is 14.9 Å². The van der Waals surface area contributed by atoms with Gasteiger partial charge < -0.3 is 4.90 Å². The van der Waals surface area contributed by atoms with Crippen molar-refractivity contribution < 1.29 is 14.0 Å². The number of hydrogen-bond donors (Lipinski definition) is 0. The molecule has 2 fully saturated rings. The lowest BCUT2D eigenvalue weighted by atomic mass is 10.1. The van der Waals surface area contributed by atoms with Gasteiger partial charge in [-0.3, -0.25) is 14.7 Å². The summed E-state index contributed by atoms with van der Waals surface area (Å²) in [6.07, 6.45) is 5.37. The number of anilines is 1. The van der Waals surface area contributed by atoms with Crippen LogP contribution in [0.4, 0.5) is 14.3 Å². The van der Waals surface area contributed by atoms with Crippen LogP contribution in [0.25, 0.3) is 0 Å². The summed E-state index contributed by atoms with van der Waals surface area (Å²) in [6, 6.07) is 10.2. The average Bonchev–Trinajstić information content (AvgIpc) is 3.37. The molecule has 0 spiro atoms. The van der Waals surface area contributed by atoms with E-state index in [1.165, 1.54) is 23.5 Å². The molecule has 3 aromatic rings. The van der Waals surface area contributed by atoms with E-state index >= 15 is 0 Å². The molecule has 1 aliphatic heterocycles. The summed E-state index contributed by atoms with van der Waals surface area (Å²) in [4.78, 5) is 38.7. The molecule has 31 heavy (non-hydrogen) atoms. The predicted molar refractivity (Wildman–Crippen MR) is 116 cm³/mol. The number of carbonyl (C=O) groups excluding carboxylic acids is 2. The monoisotopic (exact) mass is 436 g/mol. The van der Waals surface area contributed by atoms with Crippen molar-refractivity contribution in [2.75, 3.05) is 4.90 Å². The molecule has 8 heteroatoms.